The third-order valence-electron chi connectivity index (χ3n) is 5.43. The minimum atomic E-state index is 0.382. The van der Waals surface area contributed by atoms with Crippen molar-refractivity contribution in [3.8, 4) is 5.69 Å². The largest absolute Gasteiger partial charge is 0.351 e. The zero-order chi connectivity index (χ0) is 20.5. The molecule has 0 radical (unpaired) electrons. The van der Waals surface area contributed by atoms with Crippen LogP contribution >= 0.6 is 0 Å². The second kappa shape index (κ2) is 7.72. The van der Waals surface area contributed by atoms with E-state index in [9.17, 15) is 0 Å². The van der Waals surface area contributed by atoms with Crippen molar-refractivity contribution in [1.82, 2.24) is 30.0 Å². The molecule has 152 valence electrons. The minimum Gasteiger partial charge on any atom is -0.351 e. The summed E-state index contributed by atoms with van der Waals surface area (Å²) in [7, 11) is 0. The van der Waals surface area contributed by atoms with Crippen molar-refractivity contribution in [3.05, 3.63) is 61.2 Å². The Kier molecular flexibility index (Phi) is 4.76. The zero-order valence-electron chi connectivity index (χ0n) is 17.0. The molecule has 8 heteroatoms. The highest BCUT2D eigenvalue weighted by Crippen LogP contribution is 2.28. The van der Waals surface area contributed by atoms with Crippen LogP contribution in [0.25, 0.3) is 16.6 Å². The number of hydrogen-bond donors (Lipinski definition) is 2. The summed E-state index contributed by atoms with van der Waals surface area (Å²) in [5, 5.41) is 12.7. The number of para-hydroxylation sites is 1. The molecule has 1 aromatic carbocycles. The molecular formula is C22H24N8. The van der Waals surface area contributed by atoms with Gasteiger partial charge in [-0.15, -0.1) is 5.10 Å². The molecule has 2 atom stereocenters. The highest BCUT2D eigenvalue weighted by Gasteiger charge is 2.24. The maximum Gasteiger partial charge on any atom is 0.162 e. The van der Waals surface area contributed by atoms with E-state index in [1.165, 1.54) is 0 Å². The molecule has 4 heterocycles. The Balaban J connectivity index is 1.55. The molecule has 0 unspecified atom stereocenters. The van der Waals surface area contributed by atoms with Gasteiger partial charge in [-0.05, 0) is 32.0 Å². The van der Waals surface area contributed by atoms with E-state index < -0.39 is 0 Å². The van der Waals surface area contributed by atoms with Gasteiger partial charge in [-0.2, -0.15) is 0 Å². The fourth-order valence-electron chi connectivity index (χ4n) is 3.88. The van der Waals surface area contributed by atoms with Crippen LogP contribution in [0.5, 0.6) is 0 Å². The molecule has 0 aliphatic carbocycles. The monoisotopic (exact) mass is 400 g/mol. The van der Waals surface area contributed by atoms with E-state index in [0.717, 1.165) is 41.3 Å². The summed E-state index contributed by atoms with van der Waals surface area (Å²) in [6.45, 7) is 6.30. The third-order valence-corrected chi connectivity index (χ3v) is 5.43. The number of nitrogens with one attached hydrogen (secondary N) is 2. The van der Waals surface area contributed by atoms with Crippen molar-refractivity contribution in [2.24, 2.45) is 0 Å². The van der Waals surface area contributed by atoms with Crippen LogP contribution in [-0.4, -0.2) is 49.9 Å². The Hall–Kier alpha value is -3.52. The quantitative estimate of drug-likeness (QED) is 0.544. The molecule has 1 fully saturated rings. The van der Waals surface area contributed by atoms with Crippen molar-refractivity contribution < 1.29 is 0 Å². The topological polar surface area (TPSA) is 83.8 Å². The number of aromatic nitrogens is 5. The summed E-state index contributed by atoms with van der Waals surface area (Å²) in [5.41, 5.74) is 1.99. The Morgan fingerprint density at radius 1 is 1.07 bits per heavy atom. The Morgan fingerprint density at radius 2 is 1.97 bits per heavy atom. The molecule has 0 saturated carbocycles. The first-order chi connectivity index (χ1) is 14.7. The highest BCUT2D eigenvalue weighted by molar-refractivity contribution is 5.92. The van der Waals surface area contributed by atoms with E-state index >= 15 is 0 Å². The molecule has 4 aromatic rings. The molecule has 1 aliphatic heterocycles. The van der Waals surface area contributed by atoms with Crippen molar-refractivity contribution in [3.63, 3.8) is 0 Å². The van der Waals surface area contributed by atoms with E-state index in [1.54, 1.807) is 18.6 Å². The Morgan fingerprint density at radius 3 is 2.83 bits per heavy atom. The van der Waals surface area contributed by atoms with E-state index in [4.69, 9.17) is 5.10 Å². The van der Waals surface area contributed by atoms with Crippen LogP contribution in [0.4, 0.5) is 17.5 Å². The van der Waals surface area contributed by atoms with Gasteiger partial charge in [0.2, 0.25) is 0 Å². The van der Waals surface area contributed by atoms with Crippen LogP contribution < -0.4 is 15.5 Å². The molecule has 8 nitrogen and oxygen atoms in total. The van der Waals surface area contributed by atoms with Crippen molar-refractivity contribution in [1.29, 1.82) is 0 Å². The number of anilines is 3. The third kappa shape index (κ3) is 3.46. The van der Waals surface area contributed by atoms with Gasteiger partial charge in [0.15, 0.2) is 5.82 Å². The highest BCUT2D eigenvalue weighted by atomic mass is 15.3. The van der Waals surface area contributed by atoms with Crippen molar-refractivity contribution in [2.45, 2.75) is 25.9 Å². The van der Waals surface area contributed by atoms with Crippen LogP contribution in [0.1, 0.15) is 13.8 Å². The molecule has 30 heavy (non-hydrogen) atoms. The number of benzene rings is 1. The van der Waals surface area contributed by atoms with Crippen LogP contribution in [0.15, 0.2) is 61.2 Å². The van der Waals surface area contributed by atoms with E-state index in [0.29, 0.717) is 17.9 Å². The fraction of sp³-hybridized carbons (Fsp3) is 0.273. The van der Waals surface area contributed by atoms with Gasteiger partial charge in [0.05, 0.1) is 17.4 Å². The number of rotatable bonds is 4. The number of pyridine rings is 1. The lowest BCUT2D eigenvalue weighted by Crippen LogP contribution is -2.54. The lowest BCUT2D eigenvalue weighted by atomic mass is 10.1. The van der Waals surface area contributed by atoms with Crippen LogP contribution in [0.3, 0.4) is 0 Å². The van der Waals surface area contributed by atoms with E-state index in [1.807, 2.05) is 29.1 Å². The predicted molar refractivity (Wildman–Crippen MR) is 118 cm³/mol. The molecule has 1 aliphatic rings. The average Bonchev–Trinajstić information content (AvgIpc) is 3.15. The van der Waals surface area contributed by atoms with Gasteiger partial charge in [0, 0.05) is 55.2 Å². The maximum absolute atomic E-state index is 4.85. The first-order valence-corrected chi connectivity index (χ1v) is 10.2. The SMILES string of the molecule is C[C@H]1CN(c2cc(-n3nc(Nc4cnccn4)c4ccccc43)ccn2)[C@@H](C)CN1. The number of piperazine rings is 1. The Bertz CT molecular complexity index is 1160. The first-order valence-electron chi connectivity index (χ1n) is 10.2. The van der Waals surface area contributed by atoms with Gasteiger partial charge >= 0.3 is 0 Å². The summed E-state index contributed by atoms with van der Waals surface area (Å²) in [4.78, 5) is 15.4. The lowest BCUT2D eigenvalue weighted by Gasteiger charge is -2.38. The van der Waals surface area contributed by atoms with Crippen LogP contribution in [0.2, 0.25) is 0 Å². The molecule has 3 aromatic heterocycles. The summed E-state index contributed by atoms with van der Waals surface area (Å²) in [6, 6.07) is 13.1. The van der Waals surface area contributed by atoms with Crippen LogP contribution in [0, 0.1) is 0 Å². The molecule has 0 bridgehead atoms. The van der Waals surface area contributed by atoms with Gasteiger partial charge in [-0.3, -0.25) is 4.98 Å². The van der Waals surface area contributed by atoms with E-state index in [-0.39, 0.29) is 0 Å². The summed E-state index contributed by atoms with van der Waals surface area (Å²) < 4.78 is 1.95. The molecule has 2 N–H and O–H groups in total. The summed E-state index contributed by atoms with van der Waals surface area (Å²) in [5.74, 6) is 2.37. The maximum atomic E-state index is 4.85. The smallest absolute Gasteiger partial charge is 0.162 e. The molecular weight excluding hydrogens is 376 g/mol. The van der Waals surface area contributed by atoms with Gasteiger partial charge in [-0.25, -0.2) is 14.6 Å². The normalized spacial score (nSPS) is 19.2. The number of hydrogen-bond acceptors (Lipinski definition) is 7. The first kappa shape index (κ1) is 18.5. The van der Waals surface area contributed by atoms with Gasteiger partial charge < -0.3 is 15.5 Å². The predicted octanol–water partition coefficient (Wildman–Crippen LogP) is 3.14. The summed E-state index contributed by atoms with van der Waals surface area (Å²) in [6.07, 6.45) is 6.85. The summed E-state index contributed by atoms with van der Waals surface area (Å²) >= 11 is 0. The van der Waals surface area contributed by atoms with Gasteiger partial charge in [0.1, 0.15) is 11.6 Å². The lowest BCUT2D eigenvalue weighted by molar-refractivity contribution is 0.422. The van der Waals surface area contributed by atoms with Gasteiger partial charge in [-0.1, -0.05) is 12.1 Å². The molecule has 5 rings (SSSR count). The van der Waals surface area contributed by atoms with Crippen LogP contribution in [-0.2, 0) is 0 Å². The zero-order valence-corrected chi connectivity index (χ0v) is 17.0. The molecule has 0 spiro atoms. The van der Waals surface area contributed by atoms with Crippen molar-refractivity contribution >= 4 is 28.4 Å². The second-order valence-electron chi connectivity index (χ2n) is 7.68. The standard InChI is InChI=1S/C22H24N8/c1-15-14-29(16(2)12-26-15)21-11-17(7-8-25-21)30-19-6-4-3-5-18(19)22(28-30)27-20-13-23-9-10-24-20/h3-11,13,15-16,26H,12,14H2,1-2H3,(H,24,27,28)/t15-,16-/m0/s1. The minimum absolute atomic E-state index is 0.382. The van der Waals surface area contributed by atoms with Gasteiger partial charge in [0.25, 0.3) is 0 Å². The number of fused-ring (bicyclic) bond motifs is 1. The van der Waals surface area contributed by atoms with E-state index in [2.05, 4.69) is 62.5 Å². The number of nitrogens with zero attached hydrogens (tertiary/aromatic N) is 6. The molecule has 0 amide bonds. The fourth-order valence-corrected chi connectivity index (χ4v) is 3.88. The average molecular weight is 400 g/mol. The molecule has 1 saturated heterocycles. The Labute approximate surface area is 175 Å². The second-order valence-corrected chi connectivity index (χ2v) is 7.68. The van der Waals surface area contributed by atoms with Crippen molar-refractivity contribution in [2.75, 3.05) is 23.3 Å².